The van der Waals surface area contributed by atoms with Crippen LogP contribution in [-0.2, 0) is 6.42 Å². The van der Waals surface area contributed by atoms with Gasteiger partial charge in [0.15, 0.2) is 17.0 Å². The first-order valence-corrected chi connectivity index (χ1v) is 9.99. The number of benzene rings is 2. The van der Waals surface area contributed by atoms with Gasteiger partial charge in [-0.15, -0.1) is 0 Å². The van der Waals surface area contributed by atoms with Crippen molar-refractivity contribution in [2.45, 2.75) is 6.42 Å². The molecule has 0 saturated carbocycles. The van der Waals surface area contributed by atoms with Crippen LogP contribution in [0.25, 0.3) is 22.1 Å². The molecule has 0 aliphatic rings. The second kappa shape index (κ2) is 8.27. The van der Waals surface area contributed by atoms with Crippen molar-refractivity contribution < 1.29 is 4.74 Å². The maximum absolute atomic E-state index is 5.22. The van der Waals surface area contributed by atoms with Gasteiger partial charge in [-0.2, -0.15) is 9.97 Å². The average Bonchev–Trinajstić information content (AvgIpc) is 3.22. The molecular formula is C23H21N7O. The molecule has 0 aliphatic carbocycles. The second-order valence-corrected chi connectivity index (χ2v) is 7.04. The molecule has 154 valence electrons. The minimum atomic E-state index is 0.500. The summed E-state index contributed by atoms with van der Waals surface area (Å²) in [7, 11) is 1.64. The molecule has 0 fully saturated rings. The van der Waals surface area contributed by atoms with E-state index in [0.717, 1.165) is 29.1 Å². The van der Waals surface area contributed by atoms with E-state index in [1.165, 1.54) is 5.39 Å². The van der Waals surface area contributed by atoms with Crippen LogP contribution in [0, 0.1) is 0 Å². The summed E-state index contributed by atoms with van der Waals surface area (Å²) in [6.45, 7) is 0.681. The van der Waals surface area contributed by atoms with Crippen LogP contribution in [0.15, 0.2) is 67.0 Å². The summed E-state index contributed by atoms with van der Waals surface area (Å²) in [6.07, 6.45) is 4.08. The normalized spacial score (nSPS) is 11.0. The Morgan fingerprint density at radius 2 is 1.81 bits per heavy atom. The third-order valence-electron chi connectivity index (χ3n) is 4.95. The number of aromatic nitrogens is 5. The van der Waals surface area contributed by atoms with Crippen LogP contribution in [0.3, 0.4) is 0 Å². The van der Waals surface area contributed by atoms with Gasteiger partial charge in [0.05, 0.1) is 7.11 Å². The molecule has 0 radical (unpaired) electrons. The lowest BCUT2D eigenvalue weighted by Gasteiger charge is -2.11. The quantitative estimate of drug-likeness (QED) is 0.367. The van der Waals surface area contributed by atoms with Crippen molar-refractivity contribution in [3.05, 3.63) is 72.7 Å². The zero-order valence-electron chi connectivity index (χ0n) is 17.0. The second-order valence-electron chi connectivity index (χ2n) is 7.04. The van der Waals surface area contributed by atoms with E-state index in [-0.39, 0.29) is 0 Å². The van der Waals surface area contributed by atoms with E-state index in [0.29, 0.717) is 29.5 Å². The molecule has 0 bridgehead atoms. The van der Waals surface area contributed by atoms with Crippen LogP contribution in [0.2, 0.25) is 0 Å². The first kappa shape index (κ1) is 18.8. The summed E-state index contributed by atoms with van der Waals surface area (Å²) in [5, 5.41) is 7.82. The predicted octanol–water partition coefficient (Wildman–Crippen LogP) is 4.31. The van der Waals surface area contributed by atoms with Crippen LogP contribution in [0.1, 0.15) is 5.69 Å². The molecule has 2 aromatic carbocycles. The fraction of sp³-hybridized carbons (Fsp3) is 0.130. The fourth-order valence-electron chi connectivity index (χ4n) is 3.42. The van der Waals surface area contributed by atoms with Gasteiger partial charge in [-0.05, 0) is 41.8 Å². The highest BCUT2D eigenvalue weighted by Gasteiger charge is 2.10. The number of nitrogens with one attached hydrogen (secondary N) is 3. The fourth-order valence-corrected chi connectivity index (χ4v) is 3.42. The summed E-state index contributed by atoms with van der Waals surface area (Å²) < 4.78 is 5.22. The number of methoxy groups -OCH3 is 1. The van der Waals surface area contributed by atoms with Gasteiger partial charge in [0.2, 0.25) is 5.95 Å². The van der Waals surface area contributed by atoms with Crippen molar-refractivity contribution in [3.63, 3.8) is 0 Å². The number of nitrogens with zero attached hydrogens (tertiary/aromatic N) is 4. The Kier molecular flexibility index (Phi) is 5.02. The van der Waals surface area contributed by atoms with Crippen LogP contribution in [0.4, 0.5) is 17.5 Å². The lowest BCUT2D eigenvalue weighted by atomic mass is 10.2. The lowest BCUT2D eigenvalue weighted by Crippen LogP contribution is -2.10. The SMILES string of the molecule is COc1ccc(Nc2nc(NCCc3cc4ccccc4[nH]3)nc3nccnc23)cc1. The third kappa shape index (κ3) is 4.09. The Bertz CT molecular complexity index is 1300. The van der Waals surface area contributed by atoms with Gasteiger partial charge in [-0.3, -0.25) is 0 Å². The Labute approximate surface area is 178 Å². The number of para-hydroxylation sites is 1. The van der Waals surface area contributed by atoms with Gasteiger partial charge in [-0.1, -0.05) is 18.2 Å². The minimum absolute atomic E-state index is 0.500. The Morgan fingerprint density at radius 3 is 2.65 bits per heavy atom. The number of hydrogen-bond donors (Lipinski definition) is 3. The number of aromatic amines is 1. The van der Waals surface area contributed by atoms with E-state index in [4.69, 9.17) is 4.74 Å². The molecule has 0 atom stereocenters. The molecule has 8 nitrogen and oxygen atoms in total. The molecule has 3 N–H and O–H groups in total. The minimum Gasteiger partial charge on any atom is -0.497 e. The molecule has 31 heavy (non-hydrogen) atoms. The van der Waals surface area contributed by atoms with E-state index in [2.05, 4.69) is 53.8 Å². The van der Waals surface area contributed by atoms with Crippen molar-refractivity contribution in [1.29, 1.82) is 0 Å². The van der Waals surface area contributed by atoms with E-state index in [9.17, 15) is 0 Å². The molecule has 0 amide bonds. The standard InChI is InChI=1S/C23H21N7O/c1-31-18-8-6-16(7-9-18)28-22-20-21(25-13-12-24-20)29-23(30-22)26-11-10-17-14-15-4-2-3-5-19(15)27-17/h2-9,12-14,27H,10-11H2,1H3,(H2,25,26,28,29,30). The maximum Gasteiger partial charge on any atom is 0.226 e. The van der Waals surface area contributed by atoms with Crippen molar-refractivity contribution in [3.8, 4) is 5.75 Å². The average molecular weight is 411 g/mol. The van der Waals surface area contributed by atoms with Gasteiger partial charge in [0.1, 0.15) is 5.75 Å². The number of hydrogen-bond acceptors (Lipinski definition) is 7. The van der Waals surface area contributed by atoms with E-state index < -0.39 is 0 Å². The van der Waals surface area contributed by atoms with Crippen LogP contribution in [-0.4, -0.2) is 38.6 Å². The smallest absolute Gasteiger partial charge is 0.226 e. The molecule has 3 aromatic heterocycles. The van der Waals surface area contributed by atoms with Gasteiger partial charge in [-0.25, -0.2) is 9.97 Å². The van der Waals surface area contributed by atoms with Crippen LogP contribution >= 0.6 is 0 Å². The van der Waals surface area contributed by atoms with Crippen molar-refractivity contribution in [2.24, 2.45) is 0 Å². The Morgan fingerprint density at radius 1 is 0.968 bits per heavy atom. The van der Waals surface area contributed by atoms with E-state index in [1.54, 1.807) is 19.5 Å². The highest BCUT2D eigenvalue weighted by molar-refractivity contribution is 5.85. The summed E-state index contributed by atoms with van der Waals surface area (Å²) in [5.41, 5.74) is 4.31. The molecule has 0 unspecified atom stereocenters. The number of ether oxygens (including phenoxy) is 1. The summed E-state index contributed by atoms with van der Waals surface area (Å²) >= 11 is 0. The number of H-pyrrole nitrogens is 1. The highest BCUT2D eigenvalue weighted by Crippen LogP contribution is 2.24. The largest absolute Gasteiger partial charge is 0.497 e. The monoisotopic (exact) mass is 411 g/mol. The number of anilines is 3. The topological polar surface area (TPSA) is 101 Å². The Hall–Kier alpha value is -4.20. The van der Waals surface area contributed by atoms with Crippen LogP contribution in [0.5, 0.6) is 5.75 Å². The van der Waals surface area contributed by atoms with Crippen molar-refractivity contribution in [1.82, 2.24) is 24.9 Å². The molecule has 0 aliphatic heterocycles. The molecule has 8 heteroatoms. The summed E-state index contributed by atoms with van der Waals surface area (Å²) in [5.74, 6) is 1.88. The molecule has 3 heterocycles. The van der Waals surface area contributed by atoms with Gasteiger partial charge >= 0.3 is 0 Å². The lowest BCUT2D eigenvalue weighted by molar-refractivity contribution is 0.415. The predicted molar refractivity (Wildman–Crippen MR) is 122 cm³/mol. The Balaban J connectivity index is 1.35. The molecule has 0 spiro atoms. The number of rotatable bonds is 7. The summed E-state index contributed by atoms with van der Waals surface area (Å²) in [6, 6.07) is 18.0. The van der Waals surface area contributed by atoms with Crippen molar-refractivity contribution in [2.75, 3.05) is 24.3 Å². The van der Waals surface area contributed by atoms with Crippen LogP contribution < -0.4 is 15.4 Å². The van der Waals surface area contributed by atoms with Gasteiger partial charge in [0, 0.05) is 42.3 Å². The molecule has 5 aromatic rings. The highest BCUT2D eigenvalue weighted by atomic mass is 16.5. The van der Waals surface area contributed by atoms with Gasteiger partial charge in [0.25, 0.3) is 0 Å². The van der Waals surface area contributed by atoms with Gasteiger partial charge < -0.3 is 20.4 Å². The van der Waals surface area contributed by atoms with E-state index in [1.807, 2.05) is 36.4 Å². The zero-order chi connectivity index (χ0) is 21.0. The zero-order valence-corrected chi connectivity index (χ0v) is 17.0. The maximum atomic E-state index is 5.22. The first-order valence-electron chi connectivity index (χ1n) is 9.99. The van der Waals surface area contributed by atoms with Crippen molar-refractivity contribution >= 4 is 39.5 Å². The molecule has 5 rings (SSSR count). The first-order chi connectivity index (χ1) is 15.3. The third-order valence-corrected chi connectivity index (χ3v) is 4.95. The van der Waals surface area contributed by atoms with E-state index >= 15 is 0 Å². The summed E-state index contributed by atoms with van der Waals surface area (Å²) in [4.78, 5) is 21.3. The molecule has 0 saturated heterocycles. The molecular weight excluding hydrogens is 390 g/mol. The number of fused-ring (bicyclic) bond motifs is 2.